The predicted octanol–water partition coefficient (Wildman–Crippen LogP) is 4.24. The van der Waals surface area contributed by atoms with Crippen LogP contribution in [0.2, 0.25) is 0 Å². The molecule has 0 spiro atoms. The Morgan fingerprint density at radius 3 is 2.57 bits per heavy atom. The number of anilines is 2. The number of piperidine rings is 1. The van der Waals surface area contributed by atoms with E-state index >= 15 is 0 Å². The Bertz CT molecular complexity index is 2280. The number of nitrogens with zero attached hydrogens (tertiary/aromatic N) is 6. The summed E-state index contributed by atoms with van der Waals surface area (Å²) in [5.41, 5.74) is 2.44. The summed E-state index contributed by atoms with van der Waals surface area (Å²) >= 11 is 0. The molecule has 15 nitrogen and oxygen atoms in total. The first-order valence-electron chi connectivity index (χ1n) is 19.5. The fourth-order valence-corrected chi connectivity index (χ4v) is 8.67. The van der Waals surface area contributed by atoms with Crippen molar-refractivity contribution in [3.8, 4) is 29.2 Å². The molecular formula is C41H47N9O6. The number of hydrogen-bond donors (Lipinski definition) is 3. The lowest BCUT2D eigenvalue weighted by molar-refractivity contribution is -0.126. The number of piperazine rings is 1. The van der Waals surface area contributed by atoms with Crippen LogP contribution in [0.4, 0.5) is 11.4 Å². The summed E-state index contributed by atoms with van der Waals surface area (Å²) in [6.07, 6.45) is 6.60. The highest BCUT2D eigenvalue weighted by atomic mass is 16.6. The topological polar surface area (TPSA) is 176 Å². The molecule has 2 aromatic carbocycles. The minimum Gasteiger partial charge on any atom is -0.445 e. The van der Waals surface area contributed by atoms with Gasteiger partial charge in [-0.25, -0.2) is 9.78 Å². The van der Waals surface area contributed by atoms with E-state index in [9.17, 15) is 24.4 Å². The number of pyridine rings is 1. The maximum Gasteiger partial charge on any atom is 0.329 e. The second kappa shape index (κ2) is 15.0. The molecule has 15 heteroatoms. The van der Waals surface area contributed by atoms with Gasteiger partial charge in [-0.1, -0.05) is 6.07 Å². The number of carbonyl (C=O) groups is 3. The Hall–Kier alpha value is -5.88. The number of rotatable bonds is 9. The number of ether oxygens (including phenoxy) is 2. The van der Waals surface area contributed by atoms with Crippen LogP contribution < -0.4 is 36.0 Å². The number of fused-ring (bicyclic) bond motifs is 3. The van der Waals surface area contributed by atoms with Crippen molar-refractivity contribution >= 4 is 40.5 Å². The van der Waals surface area contributed by atoms with Crippen LogP contribution in [0, 0.1) is 17.2 Å². The van der Waals surface area contributed by atoms with Crippen molar-refractivity contribution in [1.29, 1.82) is 5.26 Å². The number of benzene rings is 2. The molecular weight excluding hydrogens is 715 g/mol. The Labute approximate surface area is 324 Å². The molecule has 292 valence electrons. The van der Waals surface area contributed by atoms with Crippen LogP contribution >= 0.6 is 0 Å². The number of hydrogen-bond acceptors (Lipinski definition) is 11. The van der Waals surface area contributed by atoms with Gasteiger partial charge in [-0.3, -0.25) is 23.6 Å². The Kier molecular flexibility index (Phi) is 9.92. The normalized spacial score (nSPS) is 22.3. The number of nitriles is 1. The monoisotopic (exact) mass is 761 g/mol. The molecule has 2 amide bonds. The minimum atomic E-state index is -1.11. The molecule has 4 aromatic rings. The van der Waals surface area contributed by atoms with Crippen molar-refractivity contribution in [1.82, 2.24) is 29.7 Å². The van der Waals surface area contributed by atoms with Gasteiger partial charge in [0.25, 0.3) is 11.8 Å². The van der Waals surface area contributed by atoms with Crippen LogP contribution in [0.3, 0.4) is 0 Å². The van der Waals surface area contributed by atoms with Crippen LogP contribution in [0.15, 0.2) is 47.4 Å². The average molecular weight is 762 g/mol. The molecule has 1 saturated carbocycles. The SMILES string of the molecule is CC(C)Nc1c(C(=O)NC2CCC(CN3CCN(c4cccc5c4n(C)c(=O)n5C4(C=O)CCC(=O)NC4)CC3)CC2)cnc2c1Oc1ccc(C#N)cc1O2. The predicted molar refractivity (Wildman–Crippen MR) is 210 cm³/mol. The maximum absolute atomic E-state index is 13.7. The quantitative estimate of drug-likeness (QED) is 0.183. The number of amides is 2. The van der Waals surface area contributed by atoms with Crippen molar-refractivity contribution in [2.45, 2.75) is 70.0 Å². The van der Waals surface area contributed by atoms with E-state index in [1.807, 2.05) is 32.0 Å². The van der Waals surface area contributed by atoms with Gasteiger partial charge in [0.2, 0.25) is 11.7 Å². The zero-order valence-electron chi connectivity index (χ0n) is 32.0. The molecule has 0 radical (unpaired) electrons. The van der Waals surface area contributed by atoms with E-state index in [0.717, 1.165) is 75.9 Å². The molecule has 8 rings (SSSR count). The zero-order valence-corrected chi connectivity index (χ0v) is 32.0. The minimum absolute atomic E-state index is 0.00899. The van der Waals surface area contributed by atoms with Gasteiger partial charge in [-0.2, -0.15) is 5.26 Å². The Balaban J connectivity index is 0.875. The highest BCUT2D eigenvalue weighted by Crippen LogP contribution is 2.49. The molecule has 3 fully saturated rings. The molecule has 3 N–H and O–H groups in total. The smallest absolute Gasteiger partial charge is 0.329 e. The van der Waals surface area contributed by atoms with Crippen LogP contribution in [-0.2, 0) is 22.2 Å². The maximum atomic E-state index is 13.7. The number of para-hydroxylation sites is 1. The molecule has 4 aliphatic rings. The summed E-state index contributed by atoms with van der Waals surface area (Å²) in [5, 5.41) is 18.7. The van der Waals surface area contributed by atoms with Crippen LogP contribution in [0.25, 0.3) is 11.0 Å². The van der Waals surface area contributed by atoms with E-state index < -0.39 is 5.54 Å². The summed E-state index contributed by atoms with van der Waals surface area (Å²) in [7, 11) is 1.75. The second-order valence-electron chi connectivity index (χ2n) is 15.8. The third-order valence-corrected chi connectivity index (χ3v) is 11.7. The van der Waals surface area contributed by atoms with E-state index in [4.69, 9.17) is 9.47 Å². The fourth-order valence-electron chi connectivity index (χ4n) is 8.67. The van der Waals surface area contributed by atoms with Gasteiger partial charge in [-0.15, -0.1) is 0 Å². The number of aryl methyl sites for hydroxylation is 1. The first-order valence-corrected chi connectivity index (χ1v) is 19.5. The lowest BCUT2D eigenvalue weighted by Gasteiger charge is -2.39. The van der Waals surface area contributed by atoms with Gasteiger partial charge in [0, 0.05) is 77.1 Å². The number of carbonyl (C=O) groups excluding carboxylic acids is 3. The van der Waals surface area contributed by atoms with E-state index in [-0.39, 0.29) is 54.9 Å². The summed E-state index contributed by atoms with van der Waals surface area (Å²) in [4.78, 5) is 61.0. The first-order chi connectivity index (χ1) is 27.1. The van der Waals surface area contributed by atoms with Crippen molar-refractivity contribution in [3.05, 3.63) is 64.2 Å². The number of imidazole rings is 1. The first kappa shape index (κ1) is 37.1. The van der Waals surface area contributed by atoms with Crippen LogP contribution in [0.1, 0.15) is 68.3 Å². The van der Waals surface area contributed by atoms with Crippen molar-refractivity contribution in [2.24, 2.45) is 13.0 Å². The Morgan fingerprint density at radius 1 is 1.09 bits per heavy atom. The van der Waals surface area contributed by atoms with E-state index in [2.05, 4.69) is 36.8 Å². The van der Waals surface area contributed by atoms with E-state index in [1.165, 1.54) is 6.20 Å². The van der Waals surface area contributed by atoms with Gasteiger partial charge in [-0.05, 0) is 76.1 Å². The number of aldehydes is 1. The Morgan fingerprint density at radius 2 is 1.88 bits per heavy atom. The largest absolute Gasteiger partial charge is 0.445 e. The van der Waals surface area contributed by atoms with Crippen molar-refractivity contribution < 1.29 is 23.9 Å². The van der Waals surface area contributed by atoms with Gasteiger partial charge in [0.1, 0.15) is 11.8 Å². The average Bonchev–Trinajstić information content (AvgIpc) is 3.47. The van der Waals surface area contributed by atoms with Crippen LogP contribution in [0.5, 0.6) is 23.1 Å². The number of aromatic nitrogens is 3. The van der Waals surface area contributed by atoms with Crippen molar-refractivity contribution in [3.63, 3.8) is 0 Å². The lowest BCUT2D eigenvalue weighted by Crippen LogP contribution is -2.54. The lowest BCUT2D eigenvalue weighted by atomic mass is 9.85. The highest BCUT2D eigenvalue weighted by Gasteiger charge is 2.40. The van der Waals surface area contributed by atoms with Crippen molar-refractivity contribution in [2.75, 3.05) is 49.5 Å². The molecule has 1 atom stereocenters. The van der Waals surface area contributed by atoms with E-state index in [0.29, 0.717) is 45.5 Å². The van der Waals surface area contributed by atoms with E-state index in [1.54, 1.807) is 34.4 Å². The van der Waals surface area contributed by atoms with Gasteiger partial charge in [0.05, 0.1) is 39.6 Å². The third-order valence-electron chi connectivity index (χ3n) is 11.7. The summed E-state index contributed by atoms with van der Waals surface area (Å²) in [6.45, 7) is 8.45. The highest BCUT2D eigenvalue weighted by molar-refractivity contribution is 6.01. The standard InChI is InChI=1S/C41H47N9O6/c1-25(2)45-35-29(21-43-39-37(35)55-32-12-9-27(20-42)19-33(32)56-39)38(53)46-28-10-7-26(8-11-28)22-48-15-17-49(18-16-48)30-5-4-6-31-36(30)47(3)40(54)50(31)41(24-51)14-13-34(52)44-23-41/h4-6,9,12,19,21,24-26,28H,7-8,10-11,13-18,22-23H2,1-3H3,(H,43,45)(H,44,52)(H,46,53). The third kappa shape index (κ3) is 6.82. The van der Waals surface area contributed by atoms with Gasteiger partial charge in [0.15, 0.2) is 11.5 Å². The number of nitrogens with one attached hydrogen (secondary N) is 3. The van der Waals surface area contributed by atoms with Gasteiger partial charge < -0.3 is 35.1 Å². The van der Waals surface area contributed by atoms with Crippen LogP contribution in [-0.4, -0.2) is 88.5 Å². The second-order valence-corrected chi connectivity index (χ2v) is 15.8. The molecule has 1 aliphatic carbocycles. The fraction of sp³-hybridized carbons (Fsp3) is 0.463. The molecule has 0 bridgehead atoms. The molecule has 2 aromatic heterocycles. The summed E-state index contributed by atoms with van der Waals surface area (Å²) in [5.74, 6) is 1.62. The summed E-state index contributed by atoms with van der Waals surface area (Å²) < 4.78 is 15.4. The summed E-state index contributed by atoms with van der Waals surface area (Å²) in [6, 6.07) is 13.0. The molecule has 2 saturated heterocycles. The molecule has 56 heavy (non-hydrogen) atoms. The molecule has 5 heterocycles. The molecule has 1 unspecified atom stereocenters. The van der Waals surface area contributed by atoms with Gasteiger partial charge >= 0.3 is 5.69 Å². The zero-order chi connectivity index (χ0) is 39.1. The molecule has 3 aliphatic heterocycles.